The quantitative estimate of drug-likeness (QED) is 0.799. The molecular weight excluding hydrogens is 276 g/mol. The molecule has 0 amide bonds. The minimum absolute atomic E-state index is 0.0811. The SMILES string of the molecule is CCNC(c1cccc2ccsc12)C(C)(C)N(CC)CC. The fourth-order valence-electron chi connectivity index (χ4n) is 3.41. The number of likely N-dealkylation sites (N-methyl/N-ethyl adjacent to an activating group) is 2. The summed E-state index contributed by atoms with van der Waals surface area (Å²) < 4.78 is 1.42. The van der Waals surface area contributed by atoms with Gasteiger partial charge in [-0.1, -0.05) is 39.0 Å². The maximum Gasteiger partial charge on any atom is 0.0515 e. The molecule has 0 aliphatic carbocycles. The second-order valence-electron chi connectivity index (χ2n) is 6.00. The first kappa shape index (κ1) is 16.5. The van der Waals surface area contributed by atoms with Crippen molar-refractivity contribution >= 4 is 21.4 Å². The lowest BCUT2D eigenvalue weighted by Gasteiger charge is -2.44. The first-order chi connectivity index (χ1) is 10.1. The summed E-state index contributed by atoms with van der Waals surface area (Å²) in [4.78, 5) is 2.55. The lowest BCUT2D eigenvalue weighted by molar-refractivity contribution is 0.0925. The molecule has 1 aromatic carbocycles. The monoisotopic (exact) mass is 304 g/mol. The maximum atomic E-state index is 3.74. The van der Waals surface area contributed by atoms with Gasteiger partial charge in [-0.25, -0.2) is 0 Å². The highest BCUT2D eigenvalue weighted by atomic mass is 32.1. The van der Waals surface area contributed by atoms with Crippen LogP contribution >= 0.6 is 11.3 Å². The molecule has 2 aromatic rings. The van der Waals surface area contributed by atoms with Crippen LogP contribution in [0.2, 0.25) is 0 Å². The third-order valence-corrected chi connectivity index (χ3v) is 5.49. The van der Waals surface area contributed by atoms with E-state index in [0.29, 0.717) is 6.04 Å². The zero-order valence-corrected chi connectivity index (χ0v) is 14.8. The van der Waals surface area contributed by atoms with Crippen molar-refractivity contribution < 1.29 is 0 Å². The van der Waals surface area contributed by atoms with Crippen molar-refractivity contribution in [3.05, 3.63) is 35.2 Å². The zero-order valence-electron chi connectivity index (χ0n) is 13.9. The molecule has 1 heterocycles. The van der Waals surface area contributed by atoms with E-state index in [1.54, 1.807) is 0 Å². The smallest absolute Gasteiger partial charge is 0.0515 e. The topological polar surface area (TPSA) is 15.3 Å². The Morgan fingerprint density at radius 2 is 1.86 bits per heavy atom. The van der Waals surface area contributed by atoms with Gasteiger partial charge in [-0.3, -0.25) is 4.90 Å². The first-order valence-corrected chi connectivity index (χ1v) is 8.88. The van der Waals surface area contributed by atoms with Crippen molar-refractivity contribution in [1.82, 2.24) is 10.2 Å². The second-order valence-corrected chi connectivity index (χ2v) is 6.92. The molecule has 2 rings (SSSR count). The predicted octanol–water partition coefficient (Wildman–Crippen LogP) is 4.67. The van der Waals surface area contributed by atoms with Crippen molar-refractivity contribution in [2.75, 3.05) is 19.6 Å². The van der Waals surface area contributed by atoms with Gasteiger partial charge in [0.15, 0.2) is 0 Å². The summed E-state index contributed by atoms with van der Waals surface area (Å²) in [6.07, 6.45) is 0. The summed E-state index contributed by atoms with van der Waals surface area (Å²) in [5, 5.41) is 7.29. The lowest BCUT2D eigenvalue weighted by atomic mass is 9.86. The van der Waals surface area contributed by atoms with Gasteiger partial charge in [0.25, 0.3) is 0 Å². The standard InChI is InChI=1S/C18H28N2S/c1-6-19-17(18(4,5)20(7-2)8-3)15-11-9-10-14-12-13-21-16(14)15/h9-13,17,19H,6-8H2,1-5H3. The molecule has 0 spiro atoms. The predicted molar refractivity (Wildman–Crippen MR) is 95.2 cm³/mol. The number of nitrogens with one attached hydrogen (secondary N) is 1. The highest BCUT2D eigenvalue weighted by Gasteiger charge is 2.35. The van der Waals surface area contributed by atoms with E-state index in [4.69, 9.17) is 0 Å². The maximum absolute atomic E-state index is 3.74. The Labute approximate surface area is 133 Å². The van der Waals surface area contributed by atoms with Crippen LogP contribution in [0, 0.1) is 0 Å². The Morgan fingerprint density at radius 1 is 1.14 bits per heavy atom. The Kier molecular flexibility index (Phi) is 5.42. The van der Waals surface area contributed by atoms with Gasteiger partial charge < -0.3 is 5.32 Å². The minimum Gasteiger partial charge on any atom is -0.309 e. The first-order valence-electron chi connectivity index (χ1n) is 8.00. The van der Waals surface area contributed by atoms with E-state index in [1.165, 1.54) is 15.6 Å². The zero-order chi connectivity index (χ0) is 15.5. The van der Waals surface area contributed by atoms with Crippen molar-refractivity contribution in [3.8, 4) is 0 Å². The van der Waals surface area contributed by atoms with Crippen LogP contribution in [0.3, 0.4) is 0 Å². The minimum atomic E-state index is 0.0811. The molecule has 0 aliphatic heterocycles. The van der Waals surface area contributed by atoms with Gasteiger partial charge in [-0.05, 0) is 55.9 Å². The molecule has 2 nitrogen and oxygen atoms in total. The van der Waals surface area contributed by atoms with Gasteiger partial charge in [0.1, 0.15) is 0 Å². The van der Waals surface area contributed by atoms with Crippen LogP contribution in [0.5, 0.6) is 0 Å². The molecule has 21 heavy (non-hydrogen) atoms. The number of hydrogen-bond acceptors (Lipinski definition) is 3. The fraction of sp³-hybridized carbons (Fsp3) is 0.556. The average molecular weight is 305 g/mol. The normalized spacial score (nSPS) is 14.0. The Bertz CT molecular complexity index is 569. The van der Waals surface area contributed by atoms with Crippen LogP contribution in [0.25, 0.3) is 10.1 Å². The third kappa shape index (κ3) is 3.15. The summed E-state index contributed by atoms with van der Waals surface area (Å²) in [7, 11) is 0. The van der Waals surface area contributed by atoms with Gasteiger partial charge in [0, 0.05) is 10.2 Å². The van der Waals surface area contributed by atoms with Gasteiger partial charge in [-0.2, -0.15) is 0 Å². The fourth-order valence-corrected chi connectivity index (χ4v) is 4.35. The van der Waals surface area contributed by atoms with E-state index < -0.39 is 0 Å². The number of rotatable bonds is 7. The molecule has 116 valence electrons. The van der Waals surface area contributed by atoms with Crippen LogP contribution in [0.4, 0.5) is 0 Å². The highest BCUT2D eigenvalue weighted by molar-refractivity contribution is 7.17. The van der Waals surface area contributed by atoms with Crippen molar-refractivity contribution in [3.63, 3.8) is 0 Å². The molecule has 0 radical (unpaired) electrons. The molecule has 0 saturated heterocycles. The summed E-state index contributed by atoms with van der Waals surface area (Å²) in [5.41, 5.74) is 1.51. The van der Waals surface area contributed by atoms with E-state index in [1.807, 2.05) is 11.3 Å². The van der Waals surface area contributed by atoms with Crippen LogP contribution in [0.15, 0.2) is 29.6 Å². The van der Waals surface area contributed by atoms with Gasteiger partial charge in [-0.15, -0.1) is 11.3 Å². The van der Waals surface area contributed by atoms with Crippen molar-refractivity contribution in [1.29, 1.82) is 0 Å². The largest absolute Gasteiger partial charge is 0.309 e. The summed E-state index contributed by atoms with van der Waals surface area (Å²) in [6.45, 7) is 14.5. The molecule has 1 aromatic heterocycles. The van der Waals surface area contributed by atoms with Crippen LogP contribution in [0.1, 0.15) is 46.2 Å². The molecule has 0 bridgehead atoms. The van der Waals surface area contributed by atoms with Gasteiger partial charge >= 0.3 is 0 Å². The molecule has 3 heteroatoms. The number of thiophene rings is 1. The van der Waals surface area contributed by atoms with E-state index in [2.05, 4.69) is 74.5 Å². The molecule has 0 fully saturated rings. The Hall–Kier alpha value is -0.900. The average Bonchev–Trinajstić information content (AvgIpc) is 2.94. The number of benzene rings is 1. The summed E-state index contributed by atoms with van der Waals surface area (Å²) in [6, 6.07) is 9.24. The molecule has 1 N–H and O–H groups in total. The van der Waals surface area contributed by atoms with E-state index in [-0.39, 0.29) is 5.54 Å². The van der Waals surface area contributed by atoms with Crippen molar-refractivity contribution in [2.45, 2.75) is 46.2 Å². The third-order valence-electron chi connectivity index (χ3n) is 4.51. The van der Waals surface area contributed by atoms with Crippen LogP contribution < -0.4 is 5.32 Å². The van der Waals surface area contributed by atoms with Gasteiger partial charge in [0.2, 0.25) is 0 Å². The molecular formula is C18H28N2S. The lowest BCUT2D eigenvalue weighted by Crippen LogP contribution is -2.52. The van der Waals surface area contributed by atoms with Crippen LogP contribution in [-0.2, 0) is 0 Å². The summed E-state index contributed by atoms with van der Waals surface area (Å²) >= 11 is 1.85. The molecule has 1 atom stereocenters. The van der Waals surface area contributed by atoms with E-state index in [9.17, 15) is 0 Å². The van der Waals surface area contributed by atoms with E-state index >= 15 is 0 Å². The van der Waals surface area contributed by atoms with Crippen molar-refractivity contribution in [2.24, 2.45) is 0 Å². The number of hydrogen-bond donors (Lipinski definition) is 1. The Balaban J connectivity index is 2.50. The molecule has 1 unspecified atom stereocenters. The number of fused-ring (bicyclic) bond motifs is 1. The number of nitrogens with zero attached hydrogens (tertiary/aromatic N) is 1. The molecule has 0 aliphatic rings. The Morgan fingerprint density at radius 3 is 2.48 bits per heavy atom. The second kappa shape index (κ2) is 6.91. The van der Waals surface area contributed by atoms with E-state index in [0.717, 1.165) is 19.6 Å². The molecule has 0 saturated carbocycles. The highest BCUT2D eigenvalue weighted by Crippen LogP contribution is 2.36. The van der Waals surface area contributed by atoms with Gasteiger partial charge in [0.05, 0.1) is 6.04 Å². The summed E-state index contributed by atoms with van der Waals surface area (Å²) in [5.74, 6) is 0. The van der Waals surface area contributed by atoms with Crippen LogP contribution in [-0.4, -0.2) is 30.1 Å².